The second kappa shape index (κ2) is 10.1. The molecule has 2 saturated heterocycles. The Kier molecular flexibility index (Phi) is 7.01. The molecule has 2 aliphatic heterocycles. The van der Waals surface area contributed by atoms with Crippen molar-refractivity contribution in [2.75, 3.05) is 36.8 Å². The van der Waals surface area contributed by atoms with Crippen LogP contribution in [0.3, 0.4) is 0 Å². The molecule has 9 nitrogen and oxygen atoms in total. The molecule has 0 aromatic heterocycles. The number of piperidine rings is 2. The van der Waals surface area contributed by atoms with E-state index in [1.165, 1.54) is 12.1 Å². The zero-order chi connectivity index (χ0) is 26.2. The van der Waals surface area contributed by atoms with Crippen LogP contribution in [0, 0.1) is 0 Å². The number of hydrogen-bond acceptors (Lipinski definition) is 8. The van der Waals surface area contributed by atoms with Gasteiger partial charge in [0.25, 0.3) is 10.9 Å². The highest BCUT2D eigenvalue weighted by molar-refractivity contribution is 7.86. The van der Waals surface area contributed by atoms with Crippen LogP contribution in [0.1, 0.15) is 32.1 Å². The summed E-state index contributed by atoms with van der Waals surface area (Å²) in [7, 11) is -4.11. The minimum absolute atomic E-state index is 0.00773. The van der Waals surface area contributed by atoms with Crippen LogP contribution in [0.25, 0.3) is 0 Å². The molecule has 0 amide bonds. The van der Waals surface area contributed by atoms with Crippen molar-refractivity contribution < 1.29 is 17.4 Å². The lowest BCUT2D eigenvalue weighted by atomic mass is 10.0. The summed E-state index contributed by atoms with van der Waals surface area (Å²) in [5, 5.41) is 20.2. The van der Waals surface area contributed by atoms with Gasteiger partial charge in [0.1, 0.15) is 17.4 Å². The molecule has 3 aromatic carbocycles. The van der Waals surface area contributed by atoms with E-state index in [9.17, 15) is 23.1 Å². The second-order valence-corrected chi connectivity index (χ2v) is 12.2. The van der Waals surface area contributed by atoms with E-state index in [2.05, 4.69) is 16.0 Å². The van der Waals surface area contributed by atoms with Crippen molar-refractivity contribution in [3.8, 4) is 5.75 Å². The summed E-state index contributed by atoms with van der Waals surface area (Å²) in [6, 6.07) is 11.6. The molecule has 0 unspecified atom stereocenters. The van der Waals surface area contributed by atoms with Crippen LogP contribution in [0.2, 0.25) is 5.02 Å². The lowest BCUT2D eigenvalue weighted by Crippen LogP contribution is -2.63. The number of halogens is 1. The molecule has 2 heterocycles. The maximum atomic E-state index is 14.3. The number of sulfonamides is 1. The molecule has 0 spiro atoms. The van der Waals surface area contributed by atoms with Crippen molar-refractivity contribution in [3.05, 3.63) is 67.9 Å². The Morgan fingerprint density at radius 3 is 2.16 bits per heavy atom. The third-order valence-corrected chi connectivity index (χ3v) is 10.6. The highest BCUT2D eigenvalue weighted by atomic mass is 35.5. The van der Waals surface area contributed by atoms with Crippen molar-refractivity contribution >= 4 is 44.4 Å². The molecule has 2 fully saturated rings. The normalized spacial score (nSPS) is 18.5. The van der Waals surface area contributed by atoms with Gasteiger partial charge in [0.2, 0.25) is 0 Å². The Morgan fingerprint density at radius 2 is 1.51 bits per heavy atom. The number of nitrogens with zero attached hydrogens (tertiary/aromatic N) is 1. The number of benzene rings is 2. The lowest BCUT2D eigenvalue weighted by Gasteiger charge is -2.46. The monoisotopic (exact) mass is 545 g/mol. The van der Waals surface area contributed by atoms with Gasteiger partial charge in [-0.3, -0.25) is 9.59 Å². The number of anilines is 4. The third-order valence-electron chi connectivity index (χ3n) is 7.58. The Morgan fingerprint density at radius 1 is 0.892 bits per heavy atom. The number of hydrogen-bond donors (Lipinski definition) is 4. The smallest absolute Gasteiger partial charge is 0.332 e. The molecule has 3 aromatic rings. The van der Waals surface area contributed by atoms with Crippen LogP contribution in [0.4, 0.5) is 22.7 Å². The molecule has 11 heteroatoms. The number of rotatable bonds is 7. The maximum absolute atomic E-state index is 14.3. The molecule has 0 atom stereocenters. The first-order valence-electron chi connectivity index (χ1n) is 12.5. The van der Waals surface area contributed by atoms with Gasteiger partial charge in [-0.25, -0.2) is 3.89 Å². The Labute approximate surface area is 220 Å². The predicted molar refractivity (Wildman–Crippen MR) is 144 cm³/mol. The molecule has 37 heavy (non-hydrogen) atoms. The molecule has 4 N–H and O–H groups in total. The van der Waals surface area contributed by atoms with Gasteiger partial charge >= 0.3 is 10.0 Å². The Balaban J connectivity index is 1.53. The largest absolute Gasteiger partial charge is 0.504 e. The number of likely N-dealkylation sites (tertiary alicyclic amines) is 1. The number of para-hydroxylation sites is 1. The average molecular weight is 546 g/mol. The van der Waals surface area contributed by atoms with E-state index >= 15 is 0 Å². The quantitative estimate of drug-likeness (QED) is 0.202. The van der Waals surface area contributed by atoms with Gasteiger partial charge in [0.05, 0.1) is 23.8 Å². The van der Waals surface area contributed by atoms with Crippen molar-refractivity contribution in [2.24, 2.45) is 0 Å². The van der Waals surface area contributed by atoms with Gasteiger partial charge in [0, 0.05) is 31.6 Å². The molecular weight excluding hydrogens is 516 g/mol. The SMILES string of the molecule is O=c1c(Nc2ccccc2)c(Nc2ccc(Cl)c(S(=O)(=O)[N+]3(C4CCNCC4)CCCCC3)c2O)c1=O. The fourth-order valence-corrected chi connectivity index (χ4v) is 8.45. The van der Waals surface area contributed by atoms with Gasteiger partial charge in [0.15, 0.2) is 10.6 Å². The minimum Gasteiger partial charge on any atom is -0.504 e. The van der Waals surface area contributed by atoms with Gasteiger partial charge < -0.3 is 21.1 Å². The van der Waals surface area contributed by atoms with E-state index in [0.29, 0.717) is 31.6 Å². The van der Waals surface area contributed by atoms with E-state index < -0.39 is 26.6 Å². The summed E-state index contributed by atoms with van der Waals surface area (Å²) in [4.78, 5) is 24.3. The van der Waals surface area contributed by atoms with E-state index in [0.717, 1.165) is 32.4 Å². The summed E-state index contributed by atoms with van der Waals surface area (Å²) < 4.78 is 28.5. The summed E-state index contributed by atoms with van der Waals surface area (Å²) in [5.74, 6) is -0.553. The molecule has 0 saturated carbocycles. The fourth-order valence-electron chi connectivity index (χ4n) is 5.63. The highest BCUT2D eigenvalue weighted by Crippen LogP contribution is 2.45. The summed E-state index contributed by atoms with van der Waals surface area (Å²) in [5.41, 5.74) is -0.853. The summed E-state index contributed by atoms with van der Waals surface area (Å²) in [6.07, 6.45) is 3.94. The van der Waals surface area contributed by atoms with Crippen LogP contribution < -0.4 is 26.8 Å². The molecular formula is C26H30ClN4O5S+. The van der Waals surface area contributed by atoms with Crippen molar-refractivity contribution in [1.29, 1.82) is 0 Å². The summed E-state index contributed by atoms with van der Waals surface area (Å²) >= 11 is 6.44. The summed E-state index contributed by atoms with van der Waals surface area (Å²) in [6.45, 7) is 2.40. The predicted octanol–water partition coefficient (Wildman–Crippen LogP) is 3.57. The van der Waals surface area contributed by atoms with E-state index in [-0.39, 0.29) is 36.9 Å². The average Bonchev–Trinajstić information content (AvgIpc) is 2.92. The van der Waals surface area contributed by atoms with Gasteiger partial charge in [-0.15, -0.1) is 0 Å². The zero-order valence-electron chi connectivity index (χ0n) is 20.3. The van der Waals surface area contributed by atoms with Gasteiger partial charge in [-0.2, -0.15) is 8.42 Å². The number of phenolic OH excluding ortho intramolecular Hbond substituents is 1. The van der Waals surface area contributed by atoms with Crippen LogP contribution in [-0.4, -0.2) is 49.6 Å². The number of nitrogens with one attached hydrogen (secondary N) is 3. The topological polar surface area (TPSA) is 125 Å². The molecule has 2 aliphatic rings. The van der Waals surface area contributed by atoms with Crippen molar-refractivity contribution in [1.82, 2.24) is 5.32 Å². The first-order chi connectivity index (χ1) is 17.8. The Bertz CT molecular complexity index is 1470. The first-order valence-corrected chi connectivity index (χ1v) is 14.3. The number of phenols is 1. The molecule has 0 radical (unpaired) electrons. The standard InChI is InChI=1S/C26H29ClN4O5S/c27-19-9-10-20(30-22-21(24(33)25(22)34)29-17-7-3-1-4-8-17)23(32)26(19)37(35,36)31(15-5-2-6-16-31)18-11-13-28-14-12-18/h1,3-4,7-10,18,28H,2,5-6,11-16H2,(H2-,29,30,32,33,34)/p+1. The zero-order valence-corrected chi connectivity index (χ0v) is 21.9. The highest BCUT2D eigenvalue weighted by Gasteiger charge is 2.52. The minimum atomic E-state index is -4.11. The molecule has 196 valence electrons. The van der Waals surface area contributed by atoms with Crippen molar-refractivity contribution in [3.63, 3.8) is 0 Å². The molecule has 0 aliphatic carbocycles. The van der Waals surface area contributed by atoms with Crippen molar-refractivity contribution in [2.45, 2.75) is 43.0 Å². The van der Waals surface area contributed by atoms with Gasteiger partial charge in [-0.1, -0.05) is 29.8 Å². The second-order valence-electron chi connectivity index (χ2n) is 9.71. The van der Waals surface area contributed by atoms with Crippen LogP contribution in [-0.2, 0) is 10.0 Å². The molecule has 5 rings (SSSR count). The van der Waals surface area contributed by atoms with E-state index in [1.807, 2.05) is 6.07 Å². The Hall–Kier alpha value is -2.92. The maximum Gasteiger partial charge on any atom is 0.332 e. The fraction of sp³-hybridized carbons (Fsp3) is 0.385. The lowest BCUT2D eigenvalue weighted by molar-refractivity contribution is -0.840. The van der Waals surface area contributed by atoms with Crippen LogP contribution in [0.5, 0.6) is 5.75 Å². The number of quaternary nitrogens is 1. The van der Waals surface area contributed by atoms with Crippen LogP contribution >= 0.6 is 11.6 Å². The third kappa shape index (κ3) is 4.41. The first kappa shape index (κ1) is 25.7. The number of aromatic hydroxyl groups is 1. The van der Waals surface area contributed by atoms with Gasteiger partial charge in [-0.05, 0) is 43.5 Å². The van der Waals surface area contributed by atoms with E-state index in [4.69, 9.17) is 11.6 Å². The van der Waals surface area contributed by atoms with Crippen LogP contribution in [0.15, 0.2) is 56.9 Å². The van der Waals surface area contributed by atoms with E-state index in [1.54, 1.807) is 24.3 Å². The molecule has 0 bridgehead atoms.